The molecule has 2 amide bonds. The van der Waals surface area contributed by atoms with Crippen LogP contribution in [0.2, 0.25) is 0 Å². The zero-order chi connectivity index (χ0) is 13.3. The Morgan fingerprint density at radius 1 is 1.44 bits per heavy atom. The number of carbonyl (C=O) groups is 2. The molecule has 0 saturated heterocycles. The van der Waals surface area contributed by atoms with Gasteiger partial charge in [0.15, 0.2) is 0 Å². The molecule has 6 nitrogen and oxygen atoms in total. The summed E-state index contributed by atoms with van der Waals surface area (Å²) in [6.45, 7) is 0. The van der Waals surface area contributed by atoms with Crippen LogP contribution in [-0.4, -0.2) is 37.0 Å². The predicted octanol–water partition coefficient (Wildman–Crippen LogP) is 0.516. The van der Waals surface area contributed by atoms with E-state index in [-0.39, 0.29) is 0 Å². The monoisotopic (exact) mass is 249 g/mol. The van der Waals surface area contributed by atoms with Gasteiger partial charge in [0.05, 0.1) is 11.7 Å². The maximum absolute atomic E-state index is 12.0. The average Bonchev–Trinajstić information content (AvgIpc) is 2.34. The quantitative estimate of drug-likeness (QED) is 0.787. The second kappa shape index (κ2) is 4.66. The first-order valence-corrected chi connectivity index (χ1v) is 5.57. The van der Waals surface area contributed by atoms with Gasteiger partial charge in [-0.2, -0.15) is 0 Å². The summed E-state index contributed by atoms with van der Waals surface area (Å²) in [5.41, 5.74) is 7.19. The summed E-state index contributed by atoms with van der Waals surface area (Å²) in [6, 6.07) is 6.53. The number of carbonyl (C=O) groups excluding carboxylic acids is 2. The molecule has 6 heteroatoms. The van der Waals surface area contributed by atoms with Gasteiger partial charge in [0, 0.05) is 14.1 Å². The highest BCUT2D eigenvalue weighted by Crippen LogP contribution is 2.27. The zero-order valence-corrected chi connectivity index (χ0v) is 10.3. The molecule has 96 valence electrons. The van der Waals surface area contributed by atoms with Crippen LogP contribution in [0.15, 0.2) is 24.3 Å². The first-order chi connectivity index (χ1) is 8.50. The second-order valence-electron chi connectivity index (χ2n) is 4.32. The van der Waals surface area contributed by atoms with Crippen LogP contribution in [-0.2, 0) is 16.1 Å². The minimum atomic E-state index is -0.685. The van der Waals surface area contributed by atoms with Crippen LogP contribution < -0.4 is 10.8 Å². The van der Waals surface area contributed by atoms with Crippen LogP contribution in [0.1, 0.15) is 5.56 Å². The summed E-state index contributed by atoms with van der Waals surface area (Å²) in [6.07, 6.45) is -0.169. The Morgan fingerprint density at radius 3 is 2.78 bits per heavy atom. The fraction of sp³-hybridized carbons (Fsp3) is 0.333. The number of fused-ring (bicyclic) bond motifs is 1. The first kappa shape index (κ1) is 12.4. The molecule has 2 rings (SSSR count). The van der Waals surface area contributed by atoms with Gasteiger partial charge in [0.2, 0.25) is 0 Å². The number of nitrogens with zero attached hydrogens (tertiary/aromatic N) is 2. The number of amides is 2. The van der Waals surface area contributed by atoms with Crippen LogP contribution in [0.25, 0.3) is 0 Å². The molecule has 1 aliphatic heterocycles. The van der Waals surface area contributed by atoms with Gasteiger partial charge in [0.25, 0.3) is 5.91 Å². The topological polar surface area (TPSA) is 75.9 Å². The van der Waals surface area contributed by atoms with E-state index in [2.05, 4.69) is 0 Å². The maximum atomic E-state index is 12.0. The van der Waals surface area contributed by atoms with Gasteiger partial charge in [-0.25, -0.2) is 4.79 Å². The third-order valence-corrected chi connectivity index (χ3v) is 2.70. The van der Waals surface area contributed by atoms with Crippen molar-refractivity contribution in [1.82, 2.24) is 4.90 Å². The number of benzene rings is 1. The highest BCUT2D eigenvalue weighted by atomic mass is 16.7. The zero-order valence-electron chi connectivity index (χ0n) is 10.3. The lowest BCUT2D eigenvalue weighted by atomic mass is 9.99. The largest absolute Gasteiger partial charge is 0.434 e. The van der Waals surface area contributed by atoms with Crippen molar-refractivity contribution >= 4 is 17.7 Å². The van der Waals surface area contributed by atoms with Crippen molar-refractivity contribution in [3.63, 3.8) is 0 Å². The summed E-state index contributed by atoms with van der Waals surface area (Å²) >= 11 is 0. The Morgan fingerprint density at radius 2 is 2.11 bits per heavy atom. The van der Waals surface area contributed by atoms with E-state index in [0.29, 0.717) is 12.1 Å². The number of hydrogen-bond donors (Lipinski definition) is 1. The van der Waals surface area contributed by atoms with Crippen molar-refractivity contribution < 1.29 is 14.4 Å². The van der Waals surface area contributed by atoms with Crippen LogP contribution in [0.5, 0.6) is 0 Å². The lowest BCUT2D eigenvalue weighted by molar-refractivity contribution is -0.125. The Labute approximate surface area is 105 Å². The molecule has 1 aromatic rings. The summed E-state index contributed by atoms with van der Waals surface area (Å²) in [4.78, 5) is 29.8. The average molecular weight is 249 g/mol. The van der Waals surface area contributed by atoms with Gasteiger partial charge in [-0.3, -0.25) is 4.79 Å². The van der Waals surface area contributed by atoms with Crippen LogP contribution in [0.4, 0.5) is 10.5 Å². The fourth-order valence-corrected chi connectivity index (χ4v) is 1.73. The molecule has 0 unspecified atom stereocenters. The number of hydrogen-bond acceptors (Lipinski definition) is 4. The Balaban J connectivity index is 2.33. The molecule has 1 atom stereocenters. The molecular weight excluding hydrogens is 234 g/mol. The van der Waals surface area contributed by atoms with E-state index in [1.165, 1.54) is 4.90 Å². The fourth-order valence-electron chi connectivity index (χ4n) is 1.73. The van der Waals surface area contributed by atoms with Gasteiger partial charge in [-0.1, -0.05) is 18.2 Å². The minimum absolute atomic E-state index is 0.413. The van der Waals surface area contributed by atoms with E-state index in [1.807, 2.05) is 12.1 Å². The number of hydroxylamine groups is 1. The van der Waals surface area contributed by atoms with Crippen molar-refractivity contribution in [3.8, 4) is 0 Å². The molecule has 0 fully saturated rings. The maximum Gasteiger partial charge on any atom is 0.434 e. The van der Waals surface area contributed by atoms with E-state index in [0.717, 1.165) is 10.6 Å². The Hall–Kier alpha value is -2.08. The molecule has 0 aromatic heterocycles. The molecule has 0 saturated carbocycles. The first-order valence-electron chi connectivity index (χ1n) is 5.57. The molecular formula is C12H15N3O3. The molecule has 2 N–H and O–H groups in total. The summed E-state index contributed by atoms with van der Waals surface area (Å²) < 4.78 is 0. The van der Waals surface area contributed by atoms with Gasteiger partial charge in [-0.15, -0.1) is 5.06 Å². The van der Waals surface area contributed by atoms with Crippen molar-refractivity contribution in [2.45, 2.75) is 12.5 Å². The van der Waals surface area contributed by atoms with E-state index in [4.69, 9.17) is 10.6 Å². The van der Waals surface area contributed by atoms with Gasteiger partial charge >= 0.3 is 6.09 Å². The molecule has 0 bridgehead atoms. The van der Waals surface area contributed by atoms with Crippen LogP contribution >= 0.6 is 0 Å². The molecule has 0 aliphatic carbocycles. The van der Waals surface area contributed by atoms with E-state index < -0.39 is 18.0 Å². The lowest BCUT2D eigenvalue weighted by Crippen LogP contribution is -2.50. The molecule has 0 radical (unpaired) electrons. The van der Waals surface area contributed by atoms with Crippen LogP contribution in [0, 0.1) is 0 Å². The third-order valence-electron chi connectivity index (χ3n) is 2.70. The van der Waals surface area contributed by atoms with E-state index in [1.54, 1.807) is 26.2 Å². The van der Waals surface area contributed by atoms with Crippen molar-refractivity contribution in [2.75, 3.05) is 19.2 Å². The highest BCUT2D eigenvalue weighted by Gasteiger charge is 2.33. The smallest absolute Gasteiger partial charge is 0.320 e. The summed E-state index contributed by atoms with van der Waals surface area (Å²) in [5.74, 6) is -0.413. The highest BCUT2D eigenvalue weighted by molar-refractivity contribution is 5.99. The van der Waals surface area contributed by atoms with Crippen molar-refractivity contribution in [1.29, 1.82) is 0 Å². The molecule has 1 aromatic carbocycles. The summed E-state index contributed by atoms with van der Waals surface area (Å²) in [7, 11) is 3.09. The third kappa shape index (κ3) is 2.14. The minimum Gasteiger partial charge on any atom is -0.320 e. The SMILES string of the molecule is CN(C)C(=O)ON1C(=O)[C@@H](N)Cc2ccccc21. The lowest BCUT2D eigenvalue weighted by Gasteiger charge is -2.31. The Bertz CT molecular complexity index is 487. The molecule has 1 heterocycles. The van der Waals surface area contributed by atoms with Crippen molar-refractivity contribution in [2.24, 2.45) is 5.73 Å². The number of para-hydroxylation sites is 1. The van der Waals surface area contributed by atoms with Crippen molar-refractivity contribution in [3.05, 3.63) is 29.8 Å². The number of rotatable bonds is 1. The van der Waals surface area contributed by atoms with E-state index in [9.17, 15) is 9.59 Å². The number of anilines is 1. The molecule has 0 spiro atoms. The van der Waals surface area contributed by atoms with E-state index >= 15 is 0 Å². The van der Waals surface area contributed by atoms with Gasteiger partial charge in [0.1, 0.15) is 0 Å². The summed E-state index contributed by atoms with van der Waals surface area (Å²) in [5, 5.41) is 0.978. The number of nitrogens with two attached hydrogens (primary N) is 1. The van der Waals surface area contributed by atoms with Gasteiger partial charge in [-0.05, 0) is 18.1 Å². The molecule has 1 aliphatic rings. The molecule has 18 heavy (non-hydrogen) atoms. The predicted molar refractivity (Wildman–Crippen MR) is 65.8 cm³/mol. The second-order valence-corrected chi connectivity index (χ2v) is 4.32. The Kier molecular flexibility index (Phi) is 3.20. The normalized spacial score (nSPS) is 18.3. The van der Waals surface area contributed by atoms with Crippen LogP contribution in [0.3, 0.4) is 0 Å². The van der Waals surface area contributed by atoms with Gasteiger partial charge < -0.3 is 15.5 Å². The standard InChI is InChI=1S/C12H15N3O3/c1-14(2)12(17)18-15-10-6-4-3-5-8(10)7-9(13)11(15)16/h3-6,9H,7,13H2,1-2H3/t9-/m0/s1.